The molecular weight excluding hydrogens is 321 g/mol. The van der Waals surface area contributed by atoms with E-state index in [1.165, 1.54) is 14.0 Å². The van der Waals surface area contributed by atoms with Crippen molar-refractivity contribution in [1.29, 1.82) is 0 Å². The number of methoxy groups -OCH3 is 1. The summed E-state index contributed by atoms with van der Waals surface area (Å²) >= 11 is 0. The van der Waals surface area contributed by atoms with Crippen LogP contribution in [-0.4, -0.2) is 33.6 Å². The van der Waals surface area contributed by atoms with E-state index < -0.39 is 26.4 Å². The molecule has 0 heterocycles. The van der Waals surface area contributed by atoms with Crippen LogP contribution in [-0.2, 0) is 13.8 Å². The second-order valence-electron chi connectivity index (χ2n) is 5.18. The van der Waals surface area contributed by atoms with Gasteiger partial charge < -0.3 is 10.1 Å². The van der Waals surface area contributed by atoms with Crippen molar-refractivity contribution in [3.05, 3.63) is 29.1 Å². The van der Waals surface area contributed by atoms with Gasteiger partial charge >= 0.3 is 0 Å². The van der Waals surface area contributed by atoms with Crippen LogP contribution in [0.3, 0.4) is 0 Å². The van der Waals surface area contributed by atoms with Gasteiger partial charge in [0.15, 0.2) is 0 Å². The van der Waals surface area contributed by atoms with Gasteiger partial charge in [-0.05, 0) is 38.5 Å². The lowest BCUT2D eigenvalue weighted by Gasteiger charge is -2.23. The van der Waals surface area contributed by atoms with Gasteiger partial charge in [-0.3, -0.25) is 4.79 Å². The molecular formula is C13H17ClFNO4S. The Balaban J connectivity index is 3.11. The highest BCUT2D eigenvalue weighted by molar-refractivity contribution is 8.13. The third-order valence-electron chi connectivity index (χ3n) is 3.00. The smallest absolute Gasteiger partial charge is 0.261 e. The first kappa shape index (κ1) is 17.9. The van der Waals surface area contributed by atoms with Crippen molar-refractivity contribution in [1.82, 2.24) is 5.32 Å². The minimum Gasteiger partial charge on any atom is -0.377 e. The van der Waals surface area contributed by atoms with Crippen LogP contribution in [0.15, 0.2) is 17.0 Å². The number of aryl methyl sites for hydroxylation is 1. The maximum atomic E-state index is 13.8. The Morgan fingerprint density at radius 1 is 1.43 bits per heavy atom. The number of amides is 1. The van der Waals surface area contributed by atoms with Crippen LogP contribution < -0.4 is 5.32 Å². The van der Waals surface area contributed by atoms with Gasteiger partial charge in [0.2, 0.25) is 0 Å². The number of ether oxygens (including phenoxy) is 1. The second kappa shape index (κ2) is 6.29. The molecule has 0 bridgehead atoms. The summed E-state index contributed by atoms with van der Waals surface area (Å²) in [4.78, 5) is 11.7. The fraction of sp³-hybridized carbons (Fsp3) is 0.462. The van der Waals surface area contributed by atoms with Crippen LogP contribution in [0.5, 0.6) is 0 Å². The van der Waals surface area contributed by atoms with Crippen LogP contribution in [0.1, 0.15) is 29.8 Å². The van der Waals surface area contributed by atoms with Crippen LogP contribution in [0, 0.1) is 12.7 Å². The Labute approximate surface area is 127 Å². The minimum absolute atomic E-state index is 0.135. The van der Waals surface area contributed by atoms with Gasteiger partial charge in [-0.15, -0.1) is 0 Å². The average Bonchev–Trinajstić information content (AvgIpc) is 2.34. The van der Waals surface area contributed by atoms with Crippen molar-refractivity contribution in [3.8, 4) is 0 Å². The van der Waals surface area contributed by atoms with Crippen molar-refractivity contribution in [2.75, 3.05) is 13.7 Å². The summed E-state index contributed by atoms with van der Waals surface area (Å²) in [6.07, 6.45) is 0. The van der Waals surface area contributed by atoms with Gasteiger partial charge in [0, 0.05) is 24.3 Å². The zero-order valence-electron chi connectivity index (χ0n) is 12.2. The van der Waals surface area contributed by atoms with E-state index in [1.807, 2.05) is 0 Å². The molecule has 0 fully saturated rings. The molecule has 1 aromatic carbocycles. The molecule has 0 spiro atoms. The summed E-state index contributed by atoms with van der Waals surface area (Å²) < 4.78 is 41.8. The molecule has 0 aromatic heterocycles. The third-order valence-corrected chi connectivity index (χ3v) is 4.46. The molecule has 21 heavy (non-hydrogen) atoms. The van der Waals surface area contributed by atoms with Crippen molar-refractivity contribution < 1.29 is 22.3 Å². The fourth-order valence-corrected chi connectivity index (χ4v) is 2.75. The normalized spacial score (nSPS) is 12.3. The SMILES string of the molecule is COC(C)(C)CNC(=O)c1cc(S(=O)(=O)Cl)c(C)cc1F. The van der Waals surface area contributed by atoms with Gasteiger partial charge in [-0.2, -0.15) is 0 Å². The number of hydrogen-bond donors (Lipinski definition) is 1. The first-order valence-corrected chi connectivity index (χ1v) is 8.37. The van der Waals surface area contributed by atoms with Gasteiger partial charge in [-0.1, -0.05) is 0 Å². The molecule has 0 aliphatic carbocycles. The summed E-state index contributed by atoms with van der Waals surface area (Å²) in [5, 5.41) is 2.49. The van der Waals surface area contributed by atoms with E-state index in [1.54, 1.807) is 13.8 Å². The van der Waals surface area contributed by atoms with Crippen LogP contribution >= 0.6 is 10.7 Å². The third kappa shape index (κ3) is 4.66. The topological polar surface area (TPSA) is 72.5 Å². The van der Waals surface area contributed by atoms with E-state index in [2.05, 4.69) is 5.32 Å². The molecule has 0 saturated heterocycles. The number of carbonyl (C=O) groups excluding carboxylic acids is 1. The second-order valence-corrected chi connectivity index (χ2v) is 7.72. The van der Waals surface area contributed by atoms with Crippen LogP contribution in [0.25, 0.3) is 0 Å². The maximum absolute atomic E-state index is 13.8. The molecule has 0 atom stereocenters. The molecule has 5 nitrogen and oxygen atoms in total. The van der Waals surface area contributed by atoms with E-state index >= 15 is 0 Å². The molecule has 1 aromatic rings. The molecule has 0 aliphatic heterocycles. The Kier molecular flexibility index (Phi) is 5.35. The molecule has 0 aliphatic rings. The Hall–Kier alpha value is -1.18. The molecule has 0 unspecified atom stereocenters. The number of halogens is 2. The zero-order chi connectivity index (χ0) is 16.4. The number of benzene rings is 1. The van der Waals surface area contributed by atoms with Crippen molar-refractivity contribution >= 4 is 25.6 Å². The minimum atomic E-state index is -4.05. The standard InChI is InChI=1S/C13H17ClFNO4S/c1-8-5-10(15)9(6-11(8)21(14,18)19)12(17)16-7-13(2,3)20-4/h5-6H,7H2,1-4H3,(H,16,17). The zero-order valence-corrected chi connectivity index (χ0v) is 13.7. The Bertz CT molecular complexity index is 658. The first-order chi connectivity index (χ1) is 9.48. The highest BCUT2D eigenvalue weighted by Crippen LogP contribution is 2.23. The van der Waals surface area contributed by atoms with Gasteiger partial charge in [-0.25, -0.2) is 12.8 Å². The number of hydrogen-bond acceptors (Lipinski definition) is 4. The van der Waals surface area contributed by atoms with Crippen LogP contribution in [0.4, 0.5) is 4.39 Å². The molecule has 1 rings (SSSR count). The molecule has 118 valence electrons. The predicted octanol–water partition coefficient (Wildman–Crippen LogP) is 2.22. The number of nitrogens with one attached hydrogen (secondary N) is 1. The number of rotatable bonds is 5. The quantitative estimate of drug-likeness (QED) is 0.836. The largest absolute Gasteiger partial charge is 0.377 e. The average molecular weight is 338 g/mol. The summed E-state index contributed by atoms with van der Waals surface area (Å²) in [5.74, 6) is -1.55. The van der Waals surface area contributed by atoms with E-state index in [0.717, 1.165) is 12.1 Å². The van der Waals surface area contributed by atoms with Gasteiger partial charge in [0.25, 0.3) is 15.0 Å². The fourth-order valence-electron chi connectivity index (χ4n) is 1.55. The molecule has 0 radical (unpaired) electrons. The summed E-state index contributed by atoms with van der Waals surface area (Å²) in [5.41, 5.74) is -0.874. The van der Waals surface area contributed by atoms with Crippen LogP contribution in [0.2, 0.25) is 0 Å². The Morgan fingerprint density at radius 3 is 2.48 bits per heavy atom. The Morgan fingerprint density at radius 2 is 2.00 bits per heavy atom. The molecule has 1 amide bonds. The van der Waals surface area contributed by atoms with Gasteiger partial charge in [0.1, 0.15) is 5.82 Å². The number of carbonyl (C=O) groups is 1. The lowest BCUT2D eigenvalue weighted by Crippen LogP contribution is -2.40. The van der Waals surface area contributed by atoms with Gasteiger partial charge in [0.05, 0.1) is 16.1 Å². The molecule has 8 heteroatoms. The van der Waals surface area contributed by atoms with E-state index in [9.17, 15) is 17.6 Å². The lowest BCUT2D eigenvalue weighted by molar-refractivity contribution is 0.0228. The summed E-state index contributed by atoms with van der Waals surface area (Å²) in [6.45, 7) is 5.02. The van der Waals surface area contributed by atoms with Crippen molar-refractivity contribution in [2.24, 2.45) is 0 Å². The van der Waals surface area contributed by atoms with E-state index in [4.69, 9.17) is 15.4 Å². The first-order valence-electron chi connectivity index (χ1n) is 6.06. The monoisotopic (exact) mass is 337 g/mol. The molecule has 1 N–H and O–H groups in total. The van der Waals surface area contributed by atoms with Crippen molar-refractivity contribution in [2.45, 2.75) is 31.3 Å². The van der Waals surface area contributed by atoms with E-state index in [0.29, 0.717) is 0 Å². The predicted molar refractivity (Wildman–Crippen MR) is 77.6 cm³/mol. The maximum Gasteiger partial charge on any atom is 0.261 e. The summed E-state index contributed by atoms with van der Waals surface area (Å²) in [6, 6.07) is 1.90. The molecule has 0 saturated carbocycles. The van der Waals surface area contributed by atoms with Crippen molar-refractivity contribution in [3.63, 3.8) is 0 Å². The lowest BCUT2D eigenvalue weighted by atomic mass is 10.1. The highest BCUT2D eigenvalue weighted by atomic mass is 35.7. The highest BCUT2D eigenvalue weighted by Gasteiger charge is 2.23. The summed E-state index contributed by atoms with van der Waals surface area (Å²) in [7, 11) is 2.69. The van der Waals surface area contributed by atoms with E-state index in [-0.39, 0.29) is 22.6 Å².